The van der Waals surface area contributed by atoms with Crippen molar-refractivity contribution in [3.63, 3.8) is 0 Å². The van der Waals surface area contributed by atoms with Crippen LogP contribution in [0.4, 0.5) is 0 Å². The first-order valence-corrected chi connectivity index (χ1v) is 7.00. The maximum Gasteiger partial charge on any atom is 0.0397 e. The predicted octanol–water partition coefficient (Wildman–Crippen LogP) is 4.68. The van der Waals surface area contributed by atoms with Crippen LogP contribution in [0.1, 0.15) is 51.7 Å². The summed E-state index contributed by atoms with van der Waals surface area (Å²) in [6.07, 6.45) is 3.48. The summed E-state index contributed by atoms with van der Waals surface area (Å²) in [5.74, 6) is 0. The molecular formula is C17H27N. The molecule has 18 heavy (non-hydrogen) atoms. The molecule has 0 saturated heterocycles. The van der Waals surface area contributed by atoms with E-state index in [-0.39, 0.29) is 5.41 Å². The minimum Gasteiger partial charge on any atom is -0.384 e. The highest BCUT2D eigenvalue weighted by molar-refractivity contribution is 5.23. The normalized spacial score (nSPS) is 11.3. The molecule has 0 aliphatic carbocycles. The molecule has 0 bridgehead atoms. The quantitative estimate of drug-likeness (QED) is 0.735. The standard InChI is InChI=1S/C17H27N/c1-6-8-15-9-11-16(12-10-15)13-18-14(3)17(4,5)7-2/h9-12,18H,3,6-8,13H2,1-2,4-5H3. The van der Waals surface area contributed by atoms with E-state index in [4.69, 9.17) is 0 Å². The molecule has 1 nitrogen and oxygen atoms in total. The van der Waals surface area contributed by atoms with Gasteiger partial charge in [0.25, 0.3) is 0 Å². The molecule has 100 valence electrons. The van der Waals surface area contributed by atoms with Crippen molar-refractivity contribution in [1.29, 1.82) is 0 Å². The van der Waals surface area contributed by atoms with Gasteiger partial charge in [-0.25, -0.2) is 0 Å². The number of rotatable bonds is 7. The van der Waals surface area contributed by atoms with Crippen LogP contribution in [0.25, 0.3) is 0 Å². The summed E-state index contributed by atoms with van der Waals surface area (Å²) in [5.41, 5.74) is 4.04. The van der Waals surface area contributed by atoms with Crippen LogP contribution < -0.4 is 5.32 Å². The van der Waals surface area contributed by atoms with Gasteiger partial charge in [0.2, 0.25) is 0 Å². The van der Waals surface area contributed by atoms with Gasteiger partial charge in [0.1, 0.15) is 0 Å². The second kappa shape index (κ2) is 6.63. The van der Waals surface area contributed by atoms with E-state index in [0.29, 0.717) is 0 Å². The minimum absolute atomic E-state index is 0.169. The molecule has 0 aliphatic rings. The summed E-state index contributed by atoms with van der Waals surface area (Å²) >= 11 is 0. The third-order valence-corrected chi connectivity index (χ3v) is 3.77. The van der Waals surface area contributed by atoms with Gasteiger partial charge >= 0.3 is 0 Å². The lowest BCUT2D eigenvalue weighted by molar-refractivity contribution is 0.399. The third kappa shape index (κ3) is 4.21. The van der Waals surface area contributed by atoms with Crippen LogP contribution in [-0.4, -0.2) is 0 Å². The Labute approximate surface area is 112 Å². The van der Waals surface area contributed by atoms with E-state index in [0.717, 1.165) is 18.7 Å². The first-order chi connectivity index (χ1) is 8.49. The predicted molar refractivity (Wildman–Crippen MR) is 80.5 cm³/mol. The van der Waals surface area contributed by atoms with E-state index in [9.17, 15) is 0 Å². The molecule has 0 heterocycles. The lowest BCUT2D eigenvalue weighted by Gasteiger charge is -2.26. The highest BCUT2D eigenvalue weighted by Crippen LogP contribution is 2.26. The van der Waals surface area contributed by atoms with Crippen molar-refractivity contribution in [3.8, 4) is 0 Å². The lowest BCUT2D eigenvalue weighted by atomic mass is 9.87. The minimum atomic E-state index is 0.169. The highest BCUT2D eigenvalue weighted by atomic mass is 14.9. The van der Waals surface area contributed by atoms with Gasteiger partial charge in [-0.2, -0.15) is 0 Å². The smallest absolute Gasteiger partial charge is 0.0397 e. The van der Waals surface area contributed by atoms with Gasteiger partial charge in [-0.3, -0.25) is 0 Å². The van der Waals surface area contributed by atoms with E-state index in [1.165, 1.54) is 24.0 Å². The molecule has 0 spiro atoms. The first kappa shape index (κ1) is 14.8. The Morgan fingerprint density at radius 3 is 2.17 bits per heavy atom. The topological polar surface area (TPSA) is 12.0 Å². The second-order valence-corrected chi connectivity index (χ2v) is 5.64. The van der Waals surface area contributed by atoms with E-state index in [1.54, 1.807) is 0 Å². The van der Waals surface area contributed by atoms with Crippen molar-refractivity contribution in [2.24, 2.45) is 5.41 Å². The van der Waals surface area contributed by atoms with Crippen molar-refractivity contribution in [3.05, 3.63) is 47.7 Å². The van der Waals surface area contributed by atoms with E-state index in [1.807, 2.05) is 0 Å². The van der Waals surface area contributed by atoms with Crippen LogP contribution in [0.15, 0.2) is 36.5 Å². The molecule has 1 rings (SSSR count). The van der Waals surface area contributed by atoms with Crippen LogP contribution >= 0.6 is 0 Å². The Morgan fingerprint density at radius 2 is 1.67 bits per heavy atom. The Bertz CT molecular complexity index is 373. The van der Waals surface area contributed by atoms with Gasteiger partial charge in [-0.1, -0.05) is 65.0 Å². The number of aryl methyl sites for hydroxylation is 1. The molecule has 0 aromatic heterocycles. The fraction of sp³-hybridized carbons (Fsp3) is 0.529. The molecule has 1 N–H and O–H groups in total. The van der Waals surface area contributed by atoms with Gasteiger partial charge in [0.05, 0.1) is 0 Å². The van der Waals surface area contributed by atoms with E-state index < -0.39 is 0 Å². The molecule has 0 unspecified atom stereocenters. The second-order valence-electron chi connectivity index (χ2n) is 5.64. The maximum absolute atomic E-state index is 4.15. The van der Waals surface area contributed by atoms with Crippen LogP contribution in [0.2, 0.25) is 0 Å². The van der Waals surface area contributed by atoms with Gasteiger partial charge < -0.3 is 5.32 Å². The molecule has 0 radical (unpaired) electrons. The van der Waals surface area contributed by atoms with Crippen LogP contribution in [0.3, 0.4) is 0 Å². The van der Waals surface area contributed by atoms with Crippen molar-refractivity contribution < 1.29 is 0 Å². The van der Waals surface area contributed by atoms with Crippen LogP contribution in [-0.2, 0) is 13.0 Å². The molecule has 0 amide bonds. The molecule has 1 aromatic rings. The average molecular weight is 245 g/mol. The Balaban J connectivity index is 2.51. The molecule has 0 aliphatic heterocycles. The molecule has 1 heteroatoms. The average Bonchev–Trinajstić information content (AvgIpc) is 2.38. The molecular weight excluding hydrogens is 218 g/mol. The molecule has 1 aromatic carbocycles. The van der Waals surface area contributed by atoms with E-state index in [2.05, 4.69) is 63.9 Å². The Kier molecular flexibility index (Phi) is 5.46. The molecule has 0 saturated carbocycles. The Morgan fingerprint density at radius 1 is 1.11 bits per heavy atom. The van der Waals surface area contributed by atoms with Gasteiger partial charge in [-0.05, 0) is 24.0 Å². The van der Waals surface area contributed by atoms with Gasteiger partial charge in [0, 0.05) is 17.7 Å². The molecule has 0 atom stereocenters. The van der Waals surface area contributed by atoms with Crippen LogP contribution in [0.5, 0.6) is 0 Å². The van der Waals surface area contributed by atoms with Crippen molar-refractivity contribution in [1.82, 2.24) is 5.32 Å². The number of benzene rings is 1. The molecule has 0 fully saturated rings. The van der Waals surface area contributed by atoms with Crippen LogP contribution in [0, 0.1) is 5.41 Å². The zero-order valence-corrected chi connectivity index (χ0v) is 12.3. The van der Waals surface area contributed by atoms with Crippen molar-refractivity contribution in [2.75, 3.05) is 0 Å². The number of hydrogen-bond donors (Lipinski definition) is 1. The summed E-state index contributed by atoms with van der Waals surface area (Å²) in [7, 11) is 0. The SMILES string of the molecule is C=C(NCc1ccc(CCC)cc1)C(C)(C)CC. The zero-order chi connectivity index (χ0) is 13.6. The summed E-state index contributed by atoms with van der Waals surface area (Å²) in [4.78, 5) is 0. The maximum atomic E-state index is 4.15. The largest absolute Gasteiger partial charge is 0.384 e. The summed E-state index contributed by atoms with van der Waals surface area (Å²) in [5, 5.41) is 3.45. The number of allylic oxidation sites excluding steroid dienone is 1. The lowest BCUT2D eigenvalue weighted by Crippen LogP contribution is -2.25. The van der Waals surface area contributed by atoms with Crippen molar-refractivity contribution in [2.45, 2.75) is 53.5 Å². The summed E-state index contributed by atoms with van der Waals surface area (Å²) < 4.78 is 0. The first-order valence-electron chi connectivity index (χ1n) is 7.00. The summed E-state index contributed by atoms with van der Waals surface area (Å²) in [6, 6.07) is 8.89. The van der Waals surface area contributed by atoms with Gasteiger partial charge in [0.15, 0.2) is 0 Å². The summed E-state index contributed by atoms with van der Waals surface area (Å²) in [6.45, 7) is 13.9. The fourth-order valence-corrected chi connectivity index (χ4v) is 1.77. The Hall–Kier alpha value is -1.24. The number of hydrogen-bond acceptors (Lipinski definition) is 1. The van der Waals surface area contributed by atoms with E-state index >= 15 is 0 Å². The number of nitrogens with one attached hydrogen (secondary N) is 1. The van der Waals surface area contributed by atoms with Gasteiger partial charge in [-0.15, -0.1) is 0 Å². The van der Waals surface area contributed by atoms with Crippen molar-refractivity contribution >= 4 is 0 Å². The highest BCUT2D eigenvalue weighted by Gasteiger charge is 2.18. The monoisotopic (exact) mass is 245 g/mol. The third-order valence-electron chi connectivity index (χ3n) is 3.77. The zero-order valence-electron chi connectivity index (χ0n) is 12.3. The fourth-order valence-electron chi connectivity index (χ4n) is 1.77.